The van der Waals surface area contributed by atoms with E-state index in [1.165, 1.54) is 11.8 Å². The standard InChI is InChI=1S/C5H10O2S.H3N/c1-3-8-4(2)5(6)7;/h4H,3H2,1-2H3,(H,6,7);1H3. The van der Waals surface area contributed by atoms with Crippen molar-refractivity contribution >= 4 is 17.7 Å². The molecule has 0 aromatic carbocycles. The molecule has 1 unspecified atom stereocenters. The van der Waals surface area contributed by atoms with Gasteiger partial charge in [0.25, 0.3) is 0 Å². The minimum atomic E-state index is -0.975. The molecule has 0 heterocycles. The summed E-state index contributed by atoms with van der Waals surface area (Å²) in [7, 11) is 0. The zero-order valence-corrected chi connectivity index (χ0v) is 6.83. The fourth-order valence-electron chi connectivity index (χ4n) is 0.318. The van der Waals surface area contributed by atoms with Crippen LogP contribution in [0.4, 0.5) is 0 Å². The van der Waals surface area contributed by atoms with Crippen molar-refractivity contribution in [3.8, 4) is 0 Å². The van der Waals surface area contributed by atoms with Crippen molar-refractivity contribution in [1.82, 2.24) is 6.15 Å². The highest BCUT2D eigenvalue weighted by molar-refractivity contribution is 8.00. The topological polar surface area (TPSA) is 76.6 Å². The van der Waals surface area contributed by atoms with Crippen molar-refractivity contribution in [2.75, 3.05) is 5.75 Å². The van der Waals surface area contributed by atoms with E-state index >= 15 is 0 Å². The van der Waals surface area contributed by atoms with E-state index in [2.05, 4.69) is 0 Å². The highest BCUT2D eigenvalue weighted by atomic mass is 32.2. The van der Waals surface area contributed by atoms with E-state index in [4.69, 9.17) is 0 Å². The third-order valence-corrected chi connectivity index (χ3v) is 1.77. The summed E-state index contributed by atoms with van der Waals surface area (Å²) in [5, 5.41) is 9.60. The minimum Gasteiger partial charge on any atom is -0.549 e. The molecule has 3 nitrogen and oxygen atoms in total. The van der Waals surface area contributed by atoms with Gasteiger partial charge in [0.2, 0.25) is 0 Å². The summed E-state index contributed by atoms with van der Waals surface area (Å²) in [4.78, 5) is 9.96. The number of carbonyl (C=O) groups excluding carboxylic acids is 1. The molecule has 0 aliphatic rings. The molecular formula is C5H13NO2S. The van der Waals surface area contributed by atoms with Gasteiger partial charge in [-0.2, -0.15) is 11.8 Å². The zero-order chi connectivity index (χ0) is 6.57. The van der Waals surface area contributed by atoms with Gasteiger partial charge in [0, 0.05) is 5.25 Å². The lowest BCUT2D eigenvalue weighted by atomic mass is 10.5. The van der Waals surface area contributed by atoms with Gasteiger partial charge in [0.05, 0.1) is 5.97 Å². The Labute approximate surface area is 59.4 Å². The van der Waals surface area contributed by atoms with Gasteiger partial charge in [-0.1, -0.05) is 6.92 Å². The lowest BCUT2D eigenvalue weighted by Crippen LogP contribution is -2.31. The second-order valence-corrected chi connectivity index (χ2v) is 3.03. The largest absolute Gasteiger partial charge is 0.549 e. The van der Waals surface area contributed by atoms with Crippen LogP contribution in [0.25, 0.3) is 0 Å². The molecule has 9 heavy (non-hydrogen) atoms. The Bertz CT molecular complexity index is 87.0. The fourth-order valence-corrected chi connectivity index (χ4v) is 0.954. The highest BCUT2D eigenvalue weighted by Crippen LogP contribution is 2.06. The maximum absolute atomic E-state index is 9.96. The van der Waals surface area contributed by atoms with E-state index in [1.807, 2.05) is 6.92 Å². The van der Waals surface area contributed by atoms with E-state index in [0.29, 0.717) is 0 Å². The average molecular weight is 151 g/mol. The molecule has 0 fully saturated rings. The minimum absolute atomic E-state index is 0. The molecule has 4 N–H and O–H groups in total. The fraction of sp³-hybridized carbons (Fsp3) is 0.800. The van der Waals surface area contributed by atoms with Crippen molar-refractivity contribution < 1.29 is 9.90 Å². The second-order valence-electron chi connectivity index (χ2n) is 1.42. The predicted octanol–water partition coefficient (Wildman–Crippen LogP) is 0.254. The molecule has 0 amide bonds. The predicted molar refractivity (Wildman–Crippen MR) is 38.6 cm³/mol. The first-order valence-corrected chi connectivity index (χ1v) is 3.55. The molecule has 0 aromatic heterocycles. The van der Waals surface area contributed by atoms with E-state index in [9.17, 15) is 9.90 Å². The van der Waals surface area contributed by atoms with E-state index in [1.54, 1.807) is 6.92 Å². The molecular weight excluding hydrogens is 138 g/mol. The Morgan fingerprint density at radius 1 is 1.78 bits per heavy atom. The number of hydrogen-bond acceptors (Lipinski definition) is 3. The van der Waals surface area contributed by atoms with Crippen LogP contribution in [0.5, 0.6) is 0 Å². The molecule has 0 bridgehead atoms. The van der Waals surface area contributed by atoms with Crippen molar-refractivity contribution in [3.05, 3.63) is 0 Å². The SMILES string of the molecule is CCSC(C)C(=O)[O-].[NH4+]. The first kappa shape index (κ1) is 11.6. The molecule has 1 atom stereocenters. The van der Waals surface area contributed by atoms with E-state index in [0.717, 1.165) is 5.75 Å². The molecule has 0 spiro atoms. The normalized spacial score (nSPS) is 11.8. The number of hydrogen-bond donors (Lipinski definition) is 1. The molecule has 0 saturated carbocycles. The van der Waals surface area contributed by atoms with Crippen molar-refractivity contribution in [1.29, 1.82) is 0 Å². The van der Waals surface area contributed by atoms with Crippen LogP contribution in [0.2, 0.25) is 0 Å². The Hall–Kier alpha value is -0.220. The Morgan fingerprint density at radius 2 is 2.22 bits per heavy atom. The Balaban J connectivity index is 0. The quantitative estimate of drug-likeness (QED) is 0.628. The Kier molecular flexibility index (Phi) is 7.59. The van der Waals surface area contributed by atoms with Gasteiger partial charge < -0.3 is 16.1 Å². The summed E-state index contributed by atoms with van der Waals surface area (Å²) in [6.07, 6.45) is 0. The van der Waals surface area contributed by atoms with Crippen LogP contribution in [0.3, 0.4) is 0 Å². The number of carboxylic acid groups (broad SMARTS) is 1. The first-order chi connectivity index (χ1) is 3.68. The smallest absolute Gasteiger partial charge is 0.0541 e. The van der Waals surface area contributed by atoms with Crippen molar-refractivity contribution in [3.63, 3.8) is 0 Å². The first-order valence-electron chi connectivity index (χ1n) is 2.51. The van der Waals surface area contributed by atoms with E-state index in [-0.39, 0.29) is 11.4 Å². The number of quaternary nitrogens is 1. The number of rotatable bonds is 3. The molecule has 0 saturated heterocycles. The van der Waals surface area contributed by atoms with Gasteiger partial charge in [0.1, 0.15) is 0 Å². The van der Waals surface area contributed by atoms with Crippen LogP contribution in [0.15, 0.2) is 0 Å². The van der Waals surface area contributed by atoms with Gasteiger partial charge in [-0.25, -0.2) is 0 Å². The molecule has 0 aliphatic carbocycles. The van der Waals surface area contributed by atoms with Crippen molar-refractivity contribution in [2.24, 2.45) is 0 Å². The van der Waals surface area contributed by atoms with Crippen molar-refractivity contribution in [2.45, 2.75) is 19.1 Å². The molecule has 4 heteroatoms. The van der Waals surface area contributed by atoms with Crippen LogP contribution >= 0.6 is 11.8 Å². The summed E-state index contributed by atoms with van der Waals surface area (Å²) in [6, 6.07) is 0. The number of thioether (sulfide) groups is 1. The van der Waals surface area contributed by atoms with E-state index < -0.39 is 5.97 Å². The monoisotopic (exact) mass is 151 g/mol. The van der Waals surface area contributed by atoms with Gasteiger partial charge in [-0.3, -0.25) is 0 Å². The third-order valence-electron chi connectivity index (χ3n) is 0.749. The molecule has 56 valence electrons. The highest BCUT2D eigenvalue weighted by Gasteiger charge is 1.98. The average Bonchev–Trinajstić information content (AvgIpc) is 1.67. The lowest BCUT2D eigenvalue weighted by Gasteiger charge is -2.08. The molecule has 0 rings (SSSR count). The molecule has 0 aliphatic heterocycles. The zero-order valence-electron chi connectivity index (χ0n) is 6.01. The van der Waals surface area contributed by atoms with Gasteiger partial charge in [-0.05, 0) is 12.7 Å². The summed E-state index contributed by atoms with van der Waals surface area (Å²) >= 11 is 1.38. The van der Waals surface area contributed by atoms with Gasteiger partial charge >= 0.3 is 0 Å². The van der Waals surface area contributed by atoms with Gasteiger partial charge in [-0.15, -0.1) is 0 Å². The van der Waals surface area contributed by atoms with Crippen LogP contribution in [0, 0.1) is 0 Å². The summed E-state index contributed by atoms with van der Waals surface area (Å²) in [5.74, 6) is -0.147. The van der Waals surface area contributed by atoms with Crippen LogP contribution < -0.4 is 11.3 Å². The van der Waals surface area contributed by atoms with Crippen LogP contribution in [-0.4, -0.2) is 17.0 Å². The van der Waals surface area contributed by atoms with Gasteiger partial charge in [0.15, 0.2) is 0 Å². The molecule has 0 radical (unpaired) electrons. The number of aliphatic carboxylic acids is 1. The Morgan fingerprint density at radius 3 is 2.33 bits per heavy atom. The maximum Gasteiger partial charge on any atom is 0.0541 e. The van der Waals surface area contributed by atoms with Crippen LogP contribution in [0.1, 0.15) is 13.8 Å². The van der Waals surface area contributed by atoms with Crippen LogP contribution in [-0.2, 0) is 4.79 Å². The number of carboxylic acids is 1. The second kappa shape index (κ2) is 5.91. The molecule has 0 aromatic rings. The summed E-state index contributed by atoms with van der Waals surface area (Å²) in [5.41, 5.74) is 0. The summed E-state index contributed by atoms with van der Waals surface area (Å²) < 4.78 is 0. The number of carbonyl (C=O) groups is 1. The summed E-state index contributed by atoms with van der Waals surface area (Å²) in [6.45, 7) is 3.55. The maximum atomic E-state index is 9.96. The lowest BCUT2D eigenvalue weighted by molar-refractivity contribution is -0.304. The third kappa shape index (κ3) is 5.65.